The van der Waals surface area contributed by atoms with E-state index in [9.17, 15) is 0 Å². The zero-order valence-electron chi connectivity index (χ0n) is 14.1. The van der Waals surface area contributed by atoms with Gasteiger partial charge in [0.05, 0.1) is 12.2 Å². The molecule has 0 saturated heterocycles. The summed E-state index contributed by atoms with van der Waals surface area (Å²) in [6.45, 7) is 14.6. The number of nitrogens with zero attached hydrogens (tertiary/aromatic N) is 2. The van der Waals surface area contributed by atoms with Crippen molar-refractivity contribution in [1.29, 1.82) is 0 Å². The maximum Gasteiger partial charge on any atom is 0.0662 e. The van der Waals surface area contributed by atoms with Crippen LogP contribution in [0.5, 0.6) is 0 Å². The second-order valence-corrected chi connectivity index (χ2v) is 6.90. The number of aromatic nitrogens is 2. The van der Waals surface area contributed by atoms with Gasteiger partial charge >= 0.3 is 0 Å². The van der Waals surface area contributed by atoms with Gasteiger partial charge in [0.2, 0.25) is 0 Å². The standard InChI is InChI=1S/C18H27N3/c1-13-7-9-16(10-8-13)12-21-15(3)17(14(2)20-21)11-19-18(4,5)6/h7-10,19H,11-12H2,1-6H3. The molecular formula is C18H27N3. The normalized spacial score (nSPS) is 11.9. The van der Waals surface area contributed by atoms with Crippen LogP contribution in [-0.4, -0.2) is 15.3 Å². The Labute approximate surface area is 128 Å². The fourth-order valence-electron chi connectivity index (χ4n) is 2.36. The Bertz CT molecular complexity index is 601. The maximum atomic E-state index is 4.71. The van der Waals surface area contributed by atoms with Crippen molar-refractivity contribution >= 4 is 0 Å². The van der Waals surface area contributed by atoms with Crippen LogP contribution in [0.2, 0.25) is 0 Å². The predicted octanol–water partition coefficient (Wildman–Crippen LogP) is 3.74. The molecule has 0 aliphatic carbocycles. The smallest absolute Gasteiger partial charge is 0.0662 e. The summed E-state index contributed by atoms with van der Waals surface area (Å²) in [5, 5.41) is 8.26. The third-order valence-corrected chi connectivity index (χ3v) is 3.78. The molecule has 2 aromatic rings. The van der Waals surface area contributed by atoms with E-state index in [1.165, 1.54) is 22.4 Å². The summed E-state index contributed by atoms with van der Waals surface area (Å²) in [5.41, 5.74) is 6.40. The lowest BCUT2D eigenvalue weighted by Gasteiger charge is -2.20. The SMILES string of the molecule is Cc1ccc(Cn2nc(C)c(CNC(C)(C)C)c2C)cc1. The van der Waals surface area contributed by atoms with Gasteiger partial charge in [0.25, 0.3) is 0 Å². The highest BCUT2D eigenvalue weighted by atomic mass is 15.3. The molecule has 1 aromatic heterocycles. The van der Waals surface area contributed by atoms with E-state index < -0.39 is 0 Å². The van der Waals surface area contributed by atoms with E-state index in [1.807, 2.05) is 0 Å². The summed E-state index contributed by atoms with van der Waals surface area (Å²) >= 11 is 0. The largest absolute Gasteiger partial charge is 0.308 e. The van der Waals surface area contributed by atoms with Crippen LogP contribution in [0.3, 0.4) is 0 Å². The maximum absolute atomic E-state index is 4.71. The van der Waals surface area contributed by atoms with Crippen molar-refractivity contribution < 1.29 is 0 Å². The van der Waals surface area contributed by atoms with E-state index in [2.05, 4.69) is 75.8 Å². The first kappa shape index (κ1) is 15.8. The van der Waals surface area contributed by atoms with Crippen LogP contribution < -0.4 is 5.32 Å². The zero-order valence-corrected chi connectivity index (χ0v) is 14.1. The monoisotopic (exact) mass is 285 g/mol. The van der Waals surface area contributed by atoms with Crippen molar-refractivity contribution in [2.75, 3.05) is 0 Å². The van der Waals surface area contributed by atoms with Crippen molar-refractivity contribution in [1.82, 2.24) is 15.1 Å². The minimum atomic E-state index is 0.123. The lowest BCUT2D eigenvalue weighted by Crippen LogP contribution is -2.35. The molecule has 3 heteroatoms. The highest BCUT2D eigenvalue weighted by molar-refractivity contribution is 5.27. The van der Waals surface area contributed by atoms with E-state index in [4.69, 9.17) is 5.10 Å². The van der Waals surface area contributed by atoms with Crippen LogP contribution in [0.1, 0.15) is 48.8 Å². The van der Waals surface area contributed by atoms with Gasteiger partial charge < -0.3 is 5.32 Å². The third kappa shape index (κ3) is 4.18. The molecule has 1 heterocycles. The number of hydrogen-bond acceptors (Lipinski definition) is 2. The fraction of sp³-hybridized carbons (Fsp3) is 0.500. The van der Waals surface area contributed by atoms with Gasteiger partial charge in [-0.25, -0.2) is 0 Å². The second-order valence-electron chi connectivity index (χ2n) is 6.90. The van der Waals surface area contributed by atoms with E-state index in [0.717, 1.165) is 18.8 Å². The minimum Gasteiger partial charge on any atom is -0.308 e. The molecule has 0 unspecified atom stereocenters. The van der Waals surface area contributed by atoms with Gasteiger partial charge in [-0.1, -0.05) is 29.8 Å². The molecule has 0 fully saturated rings. The summed E-state index contributed by atoms with van der Waals surface area (Å²) in [5.74, 6) is 0. The second kappa shape index (κ2) is 6.02. The average molecular weight is 285 g/mol. The molecule has 2 rings (SSSR count). The number of rotatable bonds is 4. The topological polar surface area (TPSA) is 29.9 Å². The molecule has 1 N–H and O–H groups in total. The van der Waals surface area contributed by atoms with Crippen LogP contribution in [0.4, 0.5) is 0 Å². The van der Waals surface area contributed by atoms with Gasteiger partial charge in [-0.15, -0.1) is 0 Å². The van der Waals surface area contributed by atoms with Gasteiger partial charge in [-0.3, -0.25) is 4.68 Å². The molecule has 21 heavy (non-hydrogen) atoms. The van der Waals surface area contributed by atoms with Gasteiger partial charge in [0, 0.05) is 23.3 Å². The average Bonchev–Trinajstić information content (AvgIpc) is 2.64. The number of nitrogens with one attached hydrogen (secondary N) is 1. The van der Waals surface area contributed by atoms with Crippen molar-refractivity contribution in [3.8, 4) is 0 Å². The van der Waals surface area contributed by atoms with E-state index in [0.29, 0.717) is 0 Å². The van der Waals surface area contributed by atoms with Crippen LogP contribution in [-0.2, 0) is 13.1 Å². The molecule has 0 aliphatic rings. The van der Waals surface area contributed by atoms with Crippen LogP contribution >= 0.6 is 0 Å². The Morgan fingerprint density at radius 2 is 1.67 bits per heavy atom. The first-order valence-corrected chi connectivity index (χ1v) is 7.60. The molecule has 0 amide bonds. The summed E-state index contributed by atoms with van der Waals surface area (Å²) in [7, 11) is 0. The lowest BCUT2D eigenvalue weighted by atomic mass is 10.1. The van der Waals surface area contributed by atoms with E-state index in [1.54, 1.807) is 0 Å². The number of benzene rings is 1. The third-order valence-electron chi connectivity index (χ3n) is 3.78. The molecule has 0 radical (unpaired) electrons. The van der Waals surface area contributed by atoms with Gasteiger partial charge in [0.15, 0.2) is 0 Å². The number of aryl methyl sites for hydroxylation is 2. The highest BCUT2D eigenvalue weighted by Gasteiger charge is 2.15. The molecular weight excluding hydrogens is 258 g/mol. The summed E-state index contributed by atoms with van der Waals surface area (Å²) in [4.78, 5) is 0. The molecule has 1 aromatic carbocycles. The van der Waals surface area contributed by atoms with Crippen LogP contribution in [0.15, 0.2) is 24.3 Å². The first-order chi connectivity index (χ1) is 9.76. The highest BCUT2D eigenvalue weighted by Crippen LogP contribution is 2.16. The Kier molecular flexibility index (Phi) is 4.52. The first-order valence-electron chi connectivity index (χ1n) is 7.60. The van der Waals surface area contributed by atoms with Crippen LogP contribution in [0, 0.1) is 20.8 Å². The van der Waals surface area contributed by atoms with Gasteiger partial charge in [0.1, 0.15) is 0 Å². The summed E-state index contributed by atoms with van der Waals surface area (Å²) in [6.07, 6.45) is 0. The Balaban J connectivity index is 2.16. The van der Waals surface area contributed by atoms with Crippen LogP contribution in [0.25, 0.3) is 0 Å². The molecule has 0 saturated carbocycles. The molecule has 0 bridgehead atoms. The van der Waals surface area contributed by atoms with E-state index >= 15 is 0 Å². The fourth-order valence-corrected chi connectivity index (χ4v) is 2.36. The van der Waals surface area contributed by atoms with E-state index in [-0.39, 0.29) is 5.54 Å². The summed E-state index contributed by atoms with van der Waals surface area (Å²) < 4.78 is 2.11. The minimum absolute atomic E-state index is 0.123. The number of hydrogen-bond donors (Lipinski definition) is 1. The van der Waals surface area contributed by atoms with Crippen molar-refractivity contribution in [3.05, 3.63) is 52.3 Å². The van der Waals surface area contributed by atoms with Gasteiger partial charge in [-0.05, 0) is 47.1 Å². The van der Waals surface area contributed by atoms with Gasteiger partial charge in [-0.2, -0.15) is 5.10 Å². The molecule has 3 nitrogen and oxygen atoms in total. The van der Waals surface area contributed by atoms with Crippen molar-refractivity contribution in [3.63, 3.8) is 0 Å². The molecule has 0 aliphatic heterocycles. The Hall–Kier alpha value is -1.61. The zero-order chi connectivity index (χ0) is 15.6. The van der Waals surface area contributed by atoms with Crippen molar-refractivity contribution in [2.45, 2.75) is 60.2 Å². The predicted molar refractivity (Wildman–Crippen MR) is 88.6 cm³/mol. The quantitative estimate of drug-likeness (QED) is 0.927. The lowest BCUT2D eigenvalue weighted by molar-refractivity contribution is 0.423. The molecule has 114 valence electrons. The molecule has 0 atom stereocenters. The van der Waals surface area contributed by atoms with Crippen molar-refractivity contribution in [2.24, 2.45) is 0 Å². The molecule has 0 spiro atoms. The Morgan fingerprint density at radius 1 is 1.05 bits per heavy atom. The Morgan fingerprint density at radius 3 is 2.24 bits per heavy atom. The summed E-state index contributed by atoms with van der Waals surface area (Å²) in [6, 6.07) is 8.67.